The zero-order valence-electron chi connectivity index (χ0n) is 10.0. The number of rotatable bonds is 1. The predicted octanol–water partition coefficient (Wildman–Crippen LogP) is 1.04. The van der Waals surface area contributed by atoms with Crippen molar-refractivity contribution < 1.29 is 4.74 Å². The van der Waals surface area contributed by atoms with Gasteiger partial charge in [0.05, 0.1) is 30.6 Å². The van der Waals surface area contributed by atoms with E-state index in [0.717, 1.165) is 39.1 Å². The van der Waals surface area contributed by atoms with Gasteiger partial charge in [-0.1, -0.05) is 0 Å². The smallest absolute Gasteiger partial charge is 0.0791 e. The number of nitrogens with one attached hydrogen (secondary N) is 1. The predicted molar refractivity (Wildman–Crippen MR) is 67.2 cm³/mol. The average molecular weight is 233 g/mol. The number of fused-ring (bicyclic) bond motifs is 1. The highest BCUT2D eigenvalue weighted by molar-refractivity contribution is 5.45. The second-order valence-corrected chi connectivity index (χ2v) is 4.71. The molecular weight excluding hydrogens is 214 g/mol. The number of pyridine rings is 1. The zero-order valence-corrected chi connectivity index (χ0v) is 10.0. The summed E-state index contributed by atoms with van der Waals surface area (Å²) in [4.78, 5) is 6.69. The Morgan fingerprint density at radius 3 is 3.18 bits per heavy atom. The molecule has 0 amide bonds. The first-order valence-electron chi connectivity index (χ1n) is 6.44. The molecule has 0 spiro atoms. The normalized spacial score (nSPS) is 29.5. The summed E-state index contributed by atoms with van der Waals surface area (Å²) < 4.78 is 5.91. The number of anilines is 1. The summed E-state index contributed by atoms with van der Waals surface area (Å²) in [5, 5.41) is 3.45. The van der Waals surface area contributed by atoms with Crippen LogP contribution in [0.25, 0.3) is 0 Å². The lowest BCUT2D eigenvalue weighted by molar-refractivity contribution is 0.00988. The van der Waals surface area contributed by atoms with Crippen molar-refractivity contribution in [3.63, 3.8) is 0 Å². The zero-order chi connectivity index (χ0) is 11.5. The molecule has 92 valence electrons. The van der Waals surface area contributed by atoms with Crippen molar-refractivity contribution in [1.29, 1.82) is 0 Å². The van der Waals surface area contributed by atoms with E-state index in [9.17, 15) is 0 Å². The first-order chi connectivity index (χ1) is 8.45. The van der Waals surface area contributed by atoms with Gasteiger partial charge in [0.2, 0.25) is 0 Å². The summed E-state index contributed by atoms with van der Waals surface area (Å²) in [6.45, 7) is 3.96. The summed E-state index contributed by atoms with van der Waals surface area (Å²) in [6, 6.07) is 4.66. The number of morpholine rings is 1. The third kappa shape index (κ3) is 2.28. The minimum absolute atomic E-state index is 0.374. The van der Waals surface area contributed by atoms with Crippen LogP contribution >= 0.6 is 0 Å². The summed E-state index contributed by atoms with van der Waals surface area (Å²) in [5.41, 5.74) is 1.23. The van der Waals surface area contributed by atoms with Gasteiger partial charge in [-0.3, -0.25) is 4.98 Å². The van der Waals surface area contributed by atoms with Crippen LogP contribution in [0, 0.1) is 0 Å². The number of ether oxygens (including phenoxy) is 1. The Kier molecular flexibility index (Phi) is 3.25. The van der Waals surface area contributed by atoms with Gasteiger partial charge in [0.15, 0.2) is 0 Å². The highest BCUT2D eigenvalue weighted by Crippen LogP contribution is 2.26. The van der Waals surface area contributed by atoms with E-state index in [4.69, 9.17) is 4.74 Å². The first kappa shape index (κ1) is 11.0. The van der Waals surface area contributed by atoms with Gasteiger partial charge in [0, 0.05) is 12.7 Å². The van der Waals surface area contributed by atoms with Gasteiger partial charge in [-0.05, 0) is 38.1 Å². The van der Waals surface area contributed by atoms with Crippen LogP contribution in [0.4, 0.5) is 5.69 Å². The molecule has 0 bridgehead atoms. The fourth-order valence-electron chi connectivity index (χ4n) is 2.86. The molecule has 0 aliphatic carbocycles. The minimum Gasteiger partial charge on any atom is -0.374 e. The first-order valence-corrected chi connectivity index (χ1v) is 6.44. The Bertz CT molecular complexity index is 357. The number of aromatic nitrogens is 1. The summed E-state index contributed by atoms with van der Waals surface area (Å²) >= 11 is 0. The molecule has 0 saturated carbocycles. The molecule has 1 aromatic rings. The highest BCUT2D eigenvalue weighted by Gasteiger charge is 2.33. The van der Waals surface area contributed by atoms with Crippen molar-refractivity contribution >= 4 is 5.69 Å². The monoisotopic (exact) mass is 233 g/mol. The second kappa shape index (κ2) is 5.02. The summed E-state index contributed by atoms with van der Waals surface area (Å²) in [6.07, 6.45) is 6.43. The summed E-state index contributed by atoms with van der Waals surface area (Å²) in [5.74, 6) is 0. The van der Waals surface area contributed by atoms with Gasteiger partial charge in [-0.2, -0.15) is 0 Å². The Balaban J connectivity index is 1.83. The maximum absolute atomic E-state index is 5.91. The van der Waals surface area contributed by atoms with Crippen molar-refractivity contribution in [2.75, 3.05) is 31.1 Å². The van der Waals surface area contributed by atoms with E-state index in [1.165, 1.54) is 5.69 Å². The standard InChI is InChI=1S/C13H19N3O/c1-2-11(10-15-5-1)16-8-9-17-13-4-7-14-6-3-12(13)16/h1-2,5,10,12-14H,3-4,6-9H2/t12-,13-/m1/s1. The molecular formula is C13H19N3O. The number of nitrogens with zero attached hydrogens (tertiary/aromatic N) is 2. The lowest BCUT2D eigenvalue weighted by atomic mass is 10.0. The molecule has 0 unspecified atom stereocenters. The van der Waals surface area contributed by atoms with E-state index < -0.39 is 0 Å². The Hall–Kier alpha value is -1.13. The van der Waals surface area contributed by atoms with Crippen molar-refractivity contribution in [2.45, 2.75) is 25.0 Å². The molecule has 2 aliphatic rings. The second-order valence-electron chi connectivity index (χ2n) is 4.71. The lowest BCUT2D eigenvalue weighted by Gasteiger charge is -2.41. The molecule has 0 radical (unpaired) electrons. The topological polar surface area (TPSA) is 37.4 Å². The van der Waals surface area contributed by atoms with E-state index in [-0.39, 0.29) is 0 Å². The van der Waals surface area contributed by atoms with Gasteiger partial charge in [-0.15, -0.1) is 0 Å². The van der Waals surface area contributed by atoms with E-state index in [2.05, 4.69) is 21.3 Å². The van der Waals surface area contributed by atoms with E-state index in [1.807, 2.05) is 18.5 Å². The molecule has 3 heterocycles. The fourth-order valence-corrected chi connectivity index (χ4v) is 2.86. The van der Waals surface area contributed by atoms with Crippen molar-refractivity contribution in [3.05, 3.63) is 24.5 Å². The molecule has 1 N–H and O–H groups in total. The maximum Gasteiger partial charge on any atom is 0.0791 e. The quantitative estimate of drug-likeness (QED) is 0.786. The van der Waals surface area contributed by atoms with Crippen molar-refractivity contribution in [1.82, 2.24) is 10.3 Å². The highest BCUT2D eigenvalue weighted by atomic mass is 16.5. The van der Waals surface area contributed by atoms with Crippen LogP contribution in [0.15, 0.2) is 24.5 Å². The molecule has 2 atom stereocenters. The Morgan fingerprint density at radius 2 is 2.29 bits per heavy atom. The van der Waals surface area contributed by atoms with Crippen LogP contribution in [0.2, 0.25) is 0 Å². The third-order valence-electron chi connectivity index (χ3n) is 3.69. The number of hydrogen-bond donors (Lipinski definition) is 1. The Morgan fingerprint density at radius 1 is 1.35 bits per heavy atom. The SMILES string of the molecule is c1cncc(N2CCO[C@@H]3CCNCC[C@H]32)c1. The van der Waals surface area contributed by atoms with E-state index >= 15 is 0 Å². The van der Waals surface area contributed by atoms with Crippen LogP contribution in [0.3, 0.4) is 0 Å². The van der Waals surface area contributed by atoms with Crippen LogP contribution in [-0.4, -0.2) is 43.4 Å². The van der Waals surface area contributed by atoms with Crippen molar-refractivity contribution in [2.24, 2.45) is 0 Å². The van der Waals surface area contributed by atoms with Gasteiger partial charge >= 0.3 is 0 Å². The maximum atomic E-state index is 5.91. The van der Waals surface area contributed by atoms with E-state index in [1.54, 1.807) is 0 Å². The van der Waals surface area contributed by atoms with Crippen LogP contribution in [0.1, 0.15) is 12.8 Å². The molecule has 0 aromatic carbocycles. The molecule has 4 heteroatoms. The molecule has 2 saturated heterocycles. The molecule has 17 heavy (non-hydrogen) atoms. The van der Waals surface area contributed by atoms with Crippen LogP contribution < -0.4 is 10.2 Å². The molecule has 2 fully saturated rings. The third-order valence-corrected chi connectivity index (χ3v) is 3.69. The fraction of sp³-hybridized carbons (Fsp3) is 0.615. The van der Waals surface area contributed by atoms with Crippen LogP contribution in [0.5, 0.6) is 0 Å². The van der Waals surface area contributed by atoms with Gasteiger partial charge < -0.3 is 15.0 Å². The number of hydrogen-bond acceptors (Lipinski definition) is 4. The van der Waals surface area contributed by atoms with Crippen molar-refractivity contribution in [3.8, 4) is 0 Å². The minimum atomic E-state index is 0.374. The molecule has 1 aromatic heterocycles. The van der Waals surface area contributed by atoms with Gasteiger partial charge in [0.25, 0.3) is 0 Å². The molecule has 2 aliphatic heterocycles. The lowest BCUT2D eigenvalue weighted by Crippen LogP contribution is -2.51. The molecule has 3 rings (SSSR count). The summed E-state index contributed by atoms with van der Waals surface area (Å²) in [7, 11) is 0. The van der Waals surface area contributed by atoms with E-state index in [0.29, 0.717) is 12.1 Å². The molecule has 4 nitrogen and oxygen atoms in total. The largest absolute Gasteiger partial charge is 0.374 e. The Labute approximate surface area is 102 Å². The van der Waals surface area contributed by atoms with Gasteiger partial charge in [-0.25, -0.2) is 0 Å². The average Bonchev–Trinajstić information content (AvgIpc) is 2.64. The van der Waals surface area contributed by atoms with Gasteiger partial charge in [0.1, 0.15) is 0 Å². The van der Waals surface area contributed by atoms with Crippen LogP contribution in [-0.2, 0) is 4.74 Å².